The molecule has 0 bridgehead atoms. The lowest BCUT2D eigenvalue weighted by Crippen LogP contribution is -2.39. The van der Waals surface area contributed by atoms with Crippen molar-refractivity contribution in [1.29, 1.82) is 0 Å². The molecule has 15 nitrogen and oxygen atoms in total. The van der Waals surface area contributed by atoms with Crippen LogP contribution >= 0.6 is 23.2 Å². The fourth-order valence-corrected chi connectivity index (χ4v) is 5.08. The van der Waals surface area contributed by atoms with Gasteiger partial charge in [-0.1, -0.05) is 42.6 Å². The molecule has 308 valence electrons. The predicted octanol–water partition coefficient (Wildman–Crippen LogP) is 5.12. The van der Waals surface area contributed by atoms with Crippen LogP contribution in [0.25, 0.3) is 0 Å². The van der Waals surface area contributed by atoms with Gasteiger partial charge < -0.3 is 40.6 Å². The van der Waals surface area contributed by atoms with Crippen molar-refractivity contribution in [2.45, 2.75) is 84.3 Å². The molecule has 0 saturated carbocycles. The minimum atomic E-state index is -0.747. The highest BCUT2D eigenvalue weighted by Crippen LogP contribution is 2.26. The molecule has 5 N–H and O–H groups in total. The van der Waals surface area contributed by atoms with Gasteiger partial charge in [-0.05, 0) is 75.9 Å². The monoisotopic (exact) mass is 812 g/mol. The summed E-state index contributed by atoms with van der Waals surface area (Å²) in [5, 5.41) is 8.80. The van der Waals surface area contributed by atoms with Crippen LogP contribution in [0.1, 0.15) is 84.2 Å². The van der Waals surface area contributed by atoms with Crippen LogP contribution in [-0.4, -0.2) is 100 Å². The molecule has 0 aliphatic carbocycles. The van der Waals surface area contributed by atoms with Crippen LogP contribution in [0.4, 0.5) is 10.6 Å². The second-order valence-electron chi connectivity index (χ2n) is 13.1. The van der Waals surface area contributed by atoms with Crippen LogP contribution in [0, 0.1) is 0 Å². The molecule has 1 heterocycles. The third-order valence-corrected chi connectivity index (χ3v) is 7.64. The summed E-state index contributed by atoms with van der Waals surface area (Å²) in [7, 11) is 1.25. The number of nitrogens with zero attached hydrogens (tertiary/aromatic N) is 2. The minimum Gasteiger partial charge on any atom is -0.469 e. The first-order valence-corrected chi connectivity index (χ1v) is 19.1. The van der Waals surface area contributed by atoms with E-state index in [9.17, 15) is 24.0 Å². The van der Waals surface area contributed by atoms with E-state index in [-0.39, 0.29) is 31.2 Å². The van der Waals surface area contributed by atoms with Crippen LogP contribution in [0.15, 0.2) is 42.6 Å². The number of pyridine rings is 1. The average molecular weight is 814 g/mol. The molecular weight excluding hydrogens is 755 g/mol. The zero-order valence-corrected chi connectivity index (χ0v) is 34.1. The predicted molar refractivity (Wildman–Crippen MR) is 212 cm³/mol. The molecule has 1 unspecified atom stereocenters. The zero-order chi connectivity index (χ0) is 41.1. The summed E-state index contributed by atoms with van der Waals surface area (Å²) >= 11 is 12.1. The van der Waals surface area contributed by atoms with Gasteiger partial charge in [0.05, 0.1) is 52.5 Å². The van der Waals surface area contributed by atoms with Crippen molar-refractivity contribution >= 4 is 58.8 Å². The lowest BCUT2D eigenvalue weighted by atomic mass is 10.0. The summed E-state index contributed by atoms with van der Waals surface area (Å²) in [5.74, 6) is -0.861. The number of hydrogen-bond acceptors (Lipinski definition) is 11. The molecule has 2 aromatic rings. The maximum atomic E-state index is 12.7. The molecule has 1 aromatic carbocycles. The topological polar surface area (TPSA) is 201 Å². The first-order valence-electron chi connectivity index (χ1n) is 18.3. The van der Waals surface area contributed by atoms with Crippen molar-refractivity contribution in [2.75, 3.05) is 64.6 Å². The Hall–Kier alpha value is -4.02. The van der Waals surface area contributed by atoms with Crippen molar-refractivity contribution in [2.24, 2.45) is 5.73 Å². The van der Waals surface area contributed by atoms with Gasteiger partial charge in [-0.3, -0.25) is 24.1 Å². The summed E-state index contributed by atoms with van der Waals surface area (Å²) in [6.07, 6.45) is 4.57. The molecule has 17 heteroatoms. The number of halogens is 2. The van der Waals surface area contributed by atoms with Gasteiger partial charge in [-0.2, -0.15) is 0 Å². The number of carbonyl (C=O) groups is 5. The second kappa shape index (κ2) is 28.4. The van der Waals surface area contributed by atoms with Gasteiger partial charge in [-0.25, -0.2) is 9.78 Å². The van der Waals surface area contributed by atoms with Gasteiger partial charge in [0.2, 0.25) is 17.7 Å². The van der Waals surface area contributed by atoms with Crippen molar-refractivity contribution in [3.63, 3.8) is 0 Å². The highest BCUT2D eigenvalue weighted by Gasteiger charge is 2.24. The first kappa shape index (κ1) is 49.0. The van der Waals surface area contributed by atoms with E-state index in [0.29, 0.717) is 80.2 Å². The normalized spacial score (nSPS) is 11.3. The number of rotatable bonds is 23. The standard InChI is InChI=1S/C27H34Cl2N4O6.C11H24N2O3/c1-27(2,3)39-26(37)33(22-9-5-7-11-30-22)12-8-6-10-23(34)31-17-24(35)32-21(16-25(36)38-4)18-13-19(28)15-20(29)14-18;1-2-3-6-13-11(14)4-7-15-9-10-16-8-5-12/h5,7,9,11,13-15,21H,6,8,10,12,16-17H2,1-4H3,(H,31,34)(H,32,35);2-10,12H2,1H3,(H,13,14). The average Bonchev–Trinajstić information content (AvgIpc) is 3.12. The molecule has 0 radical (unpaired) electrons. The number of benzene rings is 1. The highest BCUT2D eigenvalue weighted by atomic mass is 35.5. The highest BCUT2D eigenvalue weighted by molar-refractivity contribution is 6.34. The summed E-state index contributed by atoms with van der Waals surface area (Å²) in [4.78, 5) is 66.3. The first-order chi connectivity index (χ1) is 26.2. The van der Waals surface area contributed by atoms with E-state index in [2.05, 4.69) is 27.9 Å². The third-order valence-electron chi connectivity index (χ3n) is 7.20. The van der Waals surface area contributed by atoms with E-state index in [1.807, 2.05) is 0 Å². The smallest absolute Gasteiger partial charge is 0.416 e. The Morgan fingerprint density at radius 1 is 0.873 bits per heavy atom. The summed E-state index contributed by atoms with van der Waals surface area (Å²) in [5.41, 5.74) is 5.11. The Kier molecular flexibility index (Phi) is 25.3. The molecule has 0 aliphatic rings. The molecule has 2 rings (SSSR count). The molecule has 0 spiro atoms. The maximum absolute atomic E-state index is 12.7. The van der Waals surface area contributed by atoms with Crippen molar-refractivity contribution in [3.8, 4) is 0 Å². The summed E-state index contributed by atoms with van der Waals surface area (Å²) in [6, 6.07) is 9.20. The molecule has 0 aliphatic heterocycles. The second-order valence-corrected chi connectivity index (χ2v) is 14.0. The van der Waals surface area contributed by atoms with Crippen LogP contribution in [0.2, 0.25) is 10.0 Å². The van der Waals surface area contributed by atoms with Crippen molar-refractivity contribution in [1.82, 2.24) is 20.9 Å². The van der Waals surface area contributed by atoms with Crippen LogP contribution in [-0.2, 0) is 38.1 Å². The van der Waals surface area contributed by atoms with Gasteiger partial charge in [0.15, 0.2) is 0 Å². The third kappa shape index (κ3) is 24.2. The molecule has 1 atom stereocenters. The molecule has 0 fully saturated rings. The Morgan fingerprint density at radius 2 is 1.55 bits per heavy atom. The van der Waals surface area contributed by atoms with Gasteiger partial charge >= 0.3 is 12.1 Å². The summed E-state index contributed by atoms with van der Waals surface area (Å²) in [6.45, 7) is 10.8. The number of ether oxygens (including phenoxy) is 4. The Morgan fingerprint density at radius 3 is 2.15 bits per heavy atom. The number of methoxy groups -OCH3 is 1. The Balaban J connectivity index is 0.000000793. The maximum Gasteiger partial charge on any atom is 0.416 e. The van der Waals surface area contributed by atoms with E-state index in [0.717, 1.165) is 19.4 Å². The molecular formula is C38H58Cl2N6O9. The van der Waals surface area contributed by atoms with E-state index < -0.39 is 29.6 Å². The minimum absolute atomic E-state index is 0.0522. The van der Waals surface area contributed by atoms with Gasteiger partial charge in [0.25, 0.3) is 0 Å². The van der Waals surface area contributed by atoms with E-state index >= 15 is 0 Å². The van der Waals surface area contributed by atoms with Crippen molar-refractivity contribution < 1.29 is 42.9 Å². The van der Waals surface area contributed by atoms with Gasteiger partial charge in [-0.15, -0.1) is 0 Å². The van der Waals surface area contributed by atoms with Crippen molar-refractivity contribution in [3.05, 3.63) is 58.2 Å². The number of hydrogen-bond donors (Lipinski definition) is 4. The number of unbranched alkanes of at least 4 members (excludes halogenated alkanes) is 2. The Labute approximate surface area is 334 Å². The van der Waals surface area contributed by atoms with E-state index in [1.165, 1.54) is 18.1 Å². The van der Waals surface area contributed by atoms with Crippen LogP contribution < -0.4 is 26.6 Å². The van der Waals surface area contributed by atoms with Crippen LogP contribution in [0.3, 0.4) is 0 Å². The fraction of sp³-hybridized carbons (Fsp3) is 0.579. The SMILES string of the molecule is CCCCNC(=O)CCOCCOCCN.COC(=O)CC(NC(=O)CNC(=O)CCCCN(C(=O)OC(C)(C)C)c1ccccn1)c1cc(Cl)cc(Cl)c1. The number of anilines is 1. The van der Waals surface area contributed by atoms with Crippen LogP contribution in [0.5, 0.6) is 0 Å². The Bertz CT molecular complexity index is 1430. The summed E-state index contributed by atoms with van der Waals surface area (Å²) < 4.78 is 20.6. The fourth-order valence-electron chi connectivity index (χ4n) is 4.54. The lowest BCUT2D eigenvalue weighted by molar-refractivity contribution is -0.141. The van der Waals surface area contributed by atoms with E-state index in [4.69, 9.17) is 47.9 Å². The number of carbonyl (C=O) groups excluding carboxylic acids is 5. The number of aromatic nitrogens is 1. The van der Waals surface area contributed by atoms with E-state index in [1.54, 1.807) is 57.3 Å². The zero-order valence-electron chi connectivity index (χ0n) is 32.6. The molecule has 55 heavy (non-hydrogen) atoms. The molecule has 0 saturated heterocycles. The van der Waals surface area contributed by atoms with Gasteiger partial charge in [0.1, 0.15) is 11.4 Å². The number of nitrogens with one attached hydrogen (secondary N) is 3. The lowest BCUT2D eigenvalue weighted by Gasteiger charge is -2.26. The number of nitrogens with two attached hydrogens (primary N) is 1. The molecule has 4 amide bonds. The quantitative estimate of drug-likeness (QED) is 0.0858. The number of amides is 4. The number of esters is 1. The molecule has 1 aromatic heterocycles. The largest absolute Gasteiger partial charge is 0.469 e. The van der Waals surface area contributed by atoms with Gasteiger partial charge in [0, 0.05) is 48.7 Å².